The maximum absolute atomic E-state index is 12.7. The third-order valence-corrected chi connectivity index (χ3v) is 7.57. The molecule has 0 unspecified atom stereocenters. The Hall–Kier alpha value is -2.27. The third-order valence-electron chi connectivity index (χ3n) is 4.63. The van der Waals surface area contributed by atoms with Gasteiger partial charge >= 0.3 is 0 Å². The summed E-state index contributed by atoms with van der Waals surface area (Å²) in [6.07, 6.45) is 1.37. The lowest BCUT2D eigenvalue weighted by molar-refractivity contribution is 0.0730. The van der Waals surface area contributed by atoms with Crippen LogP contribution in [0.3, 0.4) is 0 Å². The highest BCUT2D eigenvalue weighted by Gasteiger charge is 2.26. The summed E-state index contributed by atoms with van der Waals surface area (Å²) in [4.78, 5) is 24.1. The smallest absolute Gasteiger partial charge is 0.258 e. The lowest BCUT2D eigenvalue weighted by Crippen LogP contribution is -2.40. The minimum absolute atomic E-state index is 0.161. The molecule has 2 aromatic heterocycles. The molecule has 1 aromatic carbocycles. The number of hydrogen-bond donors (Lipinski definition) is 1. The first-order valence-corrected chi connectivity index (χ1v) is 11.5. The number of rotatable bonds is 5. The van der Waals surface area contributed by atoms with E-state index in [0.29, 0.717) is 48.1 Å². The molecule has 1 aliphatic heterocycles. The Kier molecular flexibility index (Phi) is 5.68. The molecule has 0 radical (unpaired) electrons. The van der Waals surface area contributed by atoms with E-state index in [1.807, 2.05) is 13.0 Å². The number of morpholine rings is 1. The normalized spacial score (nSPS) is 16.7. The van der Waals surface area contributed by atoms with Gasteiger partial charge in [-0.05, 0) is 31.2 Å². The third kappa shape index (κ3) is 4.20. The fourth-order valence-corrected chi connectivity index (χ4v) is 5.26. The zero-order chi connectivity index (χ0) is 20.4. The molecule has 152 valence electrons. The lowest BCUT2D eigenvalue weighted by Gasteiger charge is -2.25. The quantitative estimate of drug-likeness (QED) is 0.616. The minimum atomic E-state index is -3.57. The van der Waals surface area contributed by atoms with Gasteiger partial charge in [0.05, 0.1) is 34.4 Å². The highest BCUT2D eigenvalue weighted by atomic mass is 32.2. The molecule has 1 atom stereocenters. The Morgan fingerprint density at radius 2 is 1.93 bits per heavy atom. The van der Waals surface area contributed by atoms with Crippen molar-refractivity contribution >= 4 is 32.7 Å². The number of H-pyrrole nitrogens is 1. The number of pyridine rings is 1. The van der Waals surface area contributed by atoms with E-state index in [-0.39, 0.29) is 15.7 Å². The molecule has 1 aliphatic rings. The highest BCUT2D eigenvalue weighted by molar-refractivity contribution is 7.99. The molecule has 0 aliphatic carbocycles. The second kappa shape index (κ2) is 8.23. The molecule has 0 spiro atoms. The van der Waals surface area contributed by atoms with Gasteiger partial charge in [-0.25, -0.2) is 18.4 Å². The van der Waals surface area contributed by atoms with E-state index in [2.05, 4.69) is 15.0 Å². The molecule has 1 N–H and O–H groups in total. The molecule has 10 heteroatoms. The second-order valence-electron chi connectivity index (χ2n) is 6.58. The van der Waals surface area contributed by atoms with E-state index in [4.69, 9.17) is 4.74 Å². The summed E-state index contributed by atoms with van der Waals surface area (Å²) in [5.74, 6) is 0.547. The van der Waals surface area contributed by atoms with E-state index in [1.54, 1.807) is 30.3 Å². The van der Waals surface area contributed by atoms with E-state index in [1.165, 1.54) is 22.3 Å². The average Bonchev–Trinajstić information content (AvgIpc) is 2.75. The maximum Gasteiger partial charge on any atom is 0.258 e. The summed E-state index contributed by atoms with van der Waals surface area (Å²) in [7, 11) is -3.57. The number of sulfonamides is 1. The van der Waals surface area contributed by atoms with Gasteiger partial charge in [-0.15, -0.1) is 0 Å². The number of aromatic amines is 1. The zero-order valence-corrected chi connectivity index (χ0v) is 17.4. The summed E-state index contributed by atoms with van der Waals surface area (Å²) in [6.45, 7) is 3.40. The van der Waals surface area contributed by atoms with Crippen LogP contribution in [-0.2, 0) is 14.8 Å². The van der Waals surface area contributed by atoms with Gasteiger partial charge in [-0.1, -0.05) is 23.9 Å². The molecule has 8 nitrogen and oxygen atoms in total. The van der Waals surface area contributed by atoms with Gasteiger partial charge in [0, 0.05) is 19.3 Å². The molecule has 4 rings (SSSR count). The maximum atomic E-state index is 12.7. The number of ether oxygens (including phenoxy) is 1. The number of fused-ring (bicyclic) bond motifs is 1. The van der Waals surface area contributed by atoms with Crippen LogP contribution in [0.5, 0.6) is 0 Å². The summed E-state index contributed by atoms with van der Waals surface area (Å²) in [5, 5.41) is 1.03. The van der Waals surface area contributed by atoms with Crippen molar-refractivity contribution in [2.75, 3.05) is 26.3 Å². The standard InChI is InChI=1S/C19H20N4O4S2/c1-13(18-21-16-5-3-2-4-15(16)19(24)22-18)28-17-7-6-14(12-20-17)29(25,26)23-8-10-27-11-9-23/h2-7,12-13H,8-11H2,1H3,(H,21,22,24)/t13-/m1/s1. The fraction of sp³-hybridized carbons (Fsp3) is 0.316. The Labute approximate surface area is 172 Å². The van der Waals surface area contributed by atoms with Gasteiger partial charge in [-0.3, -0.25) is 4.79 Å². The first-order chi connectivity index (χ1) is 13.9. The van der Waals surface area contributed by atoms with Crippen molar-refractivity contribution in [3.05, 3.63) is 58.8 Å². The van der Waals surface area contributed by atoms with Crippen LogP contribution in [-0.4, -0.2) is 54.0 Å². The van der Waals surface area contributed by atoms with Crippen LogP contribution >= 0.6 is 11.8 Å². The van der Waals surface area contributed by atoms with E-state index in [9.17, 15) is 13.2 Å². The van der Waals surface area contributed by atoms with E-state index >= 15 is 0 Å². The number of benzene rings is 1. The number of nitrogens with zero attached hydrogens (tertiary/aromatic N) is 3. The highest BCUT2D eigenvalue weighted by Crippen LogP contribution is 2.32. The number of para-hydroxylation sites is 1. The van der Waals surface area contributed by atoms with Gasteiger partial charge in [0.15, 0.2) is 0 Å². The Bertz CT molecular complexity index is 1170. The molecular weight excluding hydrogens is 412 g/mol. The van der Waals surface area contributed by atoms with Crippen molar-refractivity contribution in [2.24, 2.45) is 0 Å². The van der Waals surface area contributed by atoms with Crippen molar-refractivity contribution in [1.82, 2.24) is 19.3 Å². The van der Waals surface area contributed by atoms with Crippen molar-refractivity contribution < 1.29 is 13.2 Å². The number of hydrogen-bond acceptors (Lipinski definition) is 7. The molecular formula is C19H20N4O4S2. The number of thioether (sulfide) groups is 1. The SMILES string of the molecule is C[C@@H](Sc1ccc(S(=O)(=O)N2CCOCC2)cn1)c1nc2ccccc2c(=O)[nH]1. The number of aromatic nitrogens is 3. The van der Waals surface area contributed by atoms with Crippen LogP contribution in [0, 0.1) is 0 Å². The Morgan fingerprint density at radius 1 is 1.17 bits per heavy atom. The Balaban J connectivity index is 1.52. The van der Waals surface area contributed by atoms with Crippen molar-refractivity contribution in [2.45, 2.75) is 22.1 Å². The van der Waals surface area contributed by atoms with Crippen LogP contribution < -0.4 is 5.56 Å². The van der Waals surface area contributed by atoms with Gasteiger partial charge in [0.1, 0.15) is 10.7 Å². The second-order valence-corrected chi connectivity index (χ2v) is 9.88. The molecule has 3 heterocycles. The van der Waals surface area contributed by atoms with Gasteiger partial charge < -0.3 is 9.72 Å². The predicted molar refractivity (Wildman–Crippen MR) is 110 cm³/mol. The largest absolute Gasteiger partial charge is 0.379 e. The molecule has 0 amide bonds. The van der Waals surface area contributed by atoms with Crippen LogP contribution in [0.15, 0.2) is 57.3 Å². The van der Waals surface area contributed by atoms with Crippen LogP contribution in [0.4, 0.5) is 0 Å². The van der Waals surface area contributed by atoms with E-state index < -0.39 is 10.0 Å². The van der Waals surface area contributed by atoms with Crippen molar-refractivity contribution in [3.63, 3.8) is 0 Å². The predicted octanol–water partition coefficient (Wildman–Crippen LogP) is 2.19. The average molecular weight is 433 g/mol. The zero-order valence-electron chi connectivity index (χ0n) is 15.7. The molecule has 0 bridgehead atoms. The molecule has 0 saturated carbocycles. The molecule has 3 aromatic rings. The topological polar surface area (TPSA) is 105 Å². The van der Waals surface area contributed by atoms with Crippen molar-refractivity contribution in [3.8, 4) is 0 Å². The van der Waals surface area contributed by atoms with Crippen LogP contribution in [0.25, 0.3) is 10.9 Å². The first-order valence-electron chi connectivity index (χ1n) is 9.15. The molecule has 1 saturated heterocycles. The molecule has 29 heavy (non-hydrogen) atoms. The summed E-state index contributed by atoms with van der Waals surface area (Å²) >= 11 is 1.40. The van der Waals surface area contributed by atoms with Gasteiger partial charge in [-0.2, -0.15) is 4.31 Å². The minimum Gasteiger partial charge on any atom is -0.379 e. The number of nitrogens with one attached hydrogen (secondary N) is 1. The van der Waals surface area contributed by atoms with Crippen LogP contribution in [0.2, 0.25) is 0 Å². The monoisotopic (exact) mass is 432 g/mol. The summed E-state index contributed by atoms with van der Waals surface area (Å²) in [5.41, 5.74) is 0.455. The van der Waals surface area contributed by atoms with Gasteiger partial charge in [0.25, 0.3) is 5.56 Å². The summed E-state index contributed by atoms with van der Waals surface area (Å²) < 4.78 is 32.0. The first kappa shape index (κ1) is 20.0. The van der Waals surface area contributed by atoms with E-state index in [0.717, 1.165) is 0 Å². The fourth-order valence-electron chi connectivity index (χ4n) is 3.06. The van der Waals surface area contributed by atoms with Crippen molar-refractivity contribution in [1.29, 1.82) is 0 Å². The molecule has 1 fully saturated rings. The lowest BCUT2D eigenvalue weighted by atomic mass is 10.2. The van der Waals surface area contributed by atoms with Gasteiger partial charge in [0.2, 0.25) is 10.0 Å². The summed E-state index contributed by atoms with van der Waals surface area (Å²) in [6, 6.07) is 10.4. The van der Waals surface area contributed by atoms with Crippen LogP contribution in [0.1, 0.15) is 18.0 Å². The Morgan fingerprint density at radius 3 is 2.66 bits per heavy atom.